The van der Waals surface area contributed by atoms with E-state index in [1.165, 1.54) is 24.3 Å². The van der Waals surface area contributed by atoms with Gasteiger partial charge < -0.3 is 10.1 Å². The highest BCUT2D eigenvalue weighted by Crippen LogP contribution is 2.26. The fourth-order valence-electron chi connectivity index (χ4n) is 2.12. The Kier molecular flexibility index (Phi) is 7.06. The summed E-state index contributed by atoms with van der Waals surface area (Å²) in [6.07, 6.45) is 0.212. The van der Waals surface area contributed by atoms with Crippen LogP contribution < -0.4 is 5.32 Å². The van der Waals surface area contributed by atoms with Crippen LogP contribution in [-0.2, 0) is 11.2 Å². The van der Waals surface area contributed by atoms with E-state index >= 15 is 0 Å². The monoisotopic (exact) mass is 397 g/mol. The Balaban J connectivity index is 2.16. The molecule has 0 heterocycles. The first-order chi connectivity index (χ1) is 12.3. The van der Waals surface area contributed by atoms with E-state index in [1.807, 2.05) is 13.8 Å². The second-order valence-electron chi connectivity index (χ2n) is 6.14. The van der Waals surface area contributed by atoms with Crippen LogP contribution in [0.4, 0.5) is 14.5 Å². The molecule has 2 aromatic carbocycles. The number of hydrogen-bond acceptors (Lipinski definition) is 3. The number of amides is 1. The minimum atomic E-state index is -0.697. The topological polar surface area (TPSA) is 38.3 Å². The third kappa shape index (κ3) is 5.75. The van der Waals surface area contributed by atoms with Crippen LogP contribution in [0.15, 0.2) is 36.4 Å². The van der Waals surface area contributed by atoms with Crippen molar-refractivity contribution in [1.82, 2.24) is 0 Å². The maximum atomic E-state index is 14.1. The number of nitrogens with one attached hydrogen (secondary N) is 1. The van der Waals surface area contributed by atoms with Gasteiger partial charge in [0.15, 0.2) is 5.05 Å². The van der Waals surface area contributed by atoms with Gasteiger partial charge in [-0.3, -0.25) is 4.79 Å². The van der Waals surface area contributed by atoms with Gasteiger partial charge in [-0.1, -0.05) is 31.5 Å². The van der Waals surface area contributed by atoms with Gasteiger partial charge in [-0.05, 0) is 54.0 Å². The molecule has 0 radical (unpaired) electrons. The lowest BCUT2D eigenvalue weighted by Crippen LogP contribution is -2.14. The first-order valence-electron chi connectivity index (χ1n) is 7.96. The van der Waals surface area contributed by atoms with Crippen molar-refractivity contribution >= 4 is 40.5 Å². The number of anilines is 1. The van der Waals surface area contributed by atoms with Crippen LogP contribution in [0.2, 0.25) is 5.02 Å². The fraction of sp³-hybridized carbons (Fsp3) is 0.263. The quantitative estimate of drug-likeness (QED) is 0.662. The van der Waals surface area contributed by atoms with Crippen LogP contribution in [0, 0.1) is 17.6 Å². The van der Waals surface area contributed by atoms with Gasteiger partial charge in [-0.15, -0.1) is 0 Å². The number of halogens is 3. The van der Waals surface area contributed by atoms with Gasteiger partial charge in [-0.25, -0.2) is 8.78 Å². The van der Waals surface area contributed by atoms with E-state index in [0.717, 1.165) is 12.1 Å². The molecular weight excluding hydrogens is 380 g/mol. The molecule has 0 bridgehead atoms. The number of carbonyl (C=O) groups excluding carboxylic acids is 1. The molecule has 1 N–H and O–H groups in total. The summed E-state index contributed by atoms with van der Waals surface area (Å²) in [6, 6.07) is 7.62. The Morgan fingerprint density at radius 3 is 2.65 bits per heavy atom. The zero-order chi connectivity index (χ0) is 19.3. The second-order valence-corrected chi connectivity index (χ2v) is 7.00. The lowest BCUT2D eigenvalue weighted by molar-refractivity contribution is 0.102. The highest BCUT2D eigenvalue weighted by molar-refractivity contribution is 7.80. The van der Waals surface area contributed by atoms with Crippen molar-refractivity contribution in [3.8, 4) is 0 Å². The summed E-state index contributed by atoms with van der Waals surface area (Å²) >= 11 is 11.2. The van der Waals surface area contributed by atoms with Gasteiger partial charge in [0.1, 0.15) is 11.6 Å². The first kappa shape index (κ1) is 20.3. The van der Waals surface area contributed by atoms with Crippen LogP contribution in [0.5, 0.6) is 0 Å². The van der Waals surface area contributed by atoms with Gasteiger partial charge in [0, 0.05) is 17.0 Å². The molecule has 0 aromatic heterocycles. The number of ether oxygens (including phenoxy) is 1. The van der Waals surface area contributed by atoms with Gasteiger partial charge in [0.25, 0.3) is 5.91 Å². The molecule has 0 fully saturated rings. The lowest BCUT2D eigenvalue weighted by atomic mass is 10.1. The Morgan fingerprint density at radius 2 is 2.00 bits per heavy atom. The fourth-order valence-corrected chi connectivity index (χ4v) is 2.56. The van der Waals surface area contributed by atoms with Crippen LogP contribution >= 0.6 is 23.8 Å². The van der Waals surface area contributed by atoms with Crippen molar-refractivity contribution in [2.75, 3.05) is 11.9 Å². The molecule has 3 nitrogen and oxygen atoms in total. The molecule has 0 unspecified atom stereocenters. The predicted octanol–water partition coefficient (Wildman–Crippen LogP) is 5.41. The number of hydrogen-bond donors (Lipinski definition) is 1. The first-order valence-corrected chi connectivity index (χ1v) is 8.75. The van der Waals surface area contributed by atoms with Gasteiger partial charge in [-0.2, -0.15) is 0 Å². The van der Waals surface area contributed by atoms with Crippen molar-refractivity contribution in [3.05, 3.63) is 64.2 Å². The molecule has 2 aromatic rings. The predicted molar refractivity (Wildman–Crippen MR) is 103 cm³/mol. The van der Waals surface area contributed by atoms with Crippen LogP contribution in [0.1, 0.15) is 29.8 Å². The molecule has 26 heavy (non-hydrogen) atoms. The molecule has 0 aliphatic carbocycles. The minimum Gasteiger partial charge on any atom is -0.486 e. The average molecular weight is 398 g/mol. The average Bonchev–Trinajstić information content (AvgIpc) is 2.57. The van der Waals surface area contributed by atoms with Crippen LogP contribution in [-0.4, -0.2) is 17.6 Å². The zero-order valence-electron chi connectivity index (χ0n) is 14.3. The van der Waals surface area contributed by atoms with Crippen molar-refractivity contribution in [3.63, 3.8) is 0 Å². The number of thiocarbonyl (C=S) groups is 1. The number of rotatable bonds is 6. The number of benzene rings is 2. The molecule has 0 spiro atoms. The van der Waals surface area contributed by atoms with Gasteiger partial charge >= 0.3 is 0 Å². The van der Waals surface area contributed by atoms with Crippen molar-refractivity contribution in [1.29, 1.82) is 0 Å². The summed E-state index contributed by atoms with van der Waals surface area (Å²) in [6.45, 7) is 4.46. The van der Waals surface area contributed by atoms with Crippen LogP contribution in [0.3, 0.4) is 0 Å². The summed E-state index contributed by atoms with van der Waals surface area (Å²) in [4.78, 5) is 12.2. The SMILES string of the molecule is CC(C)COC(=S)Cc1cc(NC(=O)c2cccc(F)c2)c(F)cc1Cl. The van der Waals surface area contributed by atoms with Gasteiger partial charge in [0.05, 0.1) is 12.3 Å². The summed E-state index contributed by atoms with van der Waals surface area (Å²) in [5.41, 5.74) is 0.540. The van der Waals surface area contributed by atoms with E-state index in [1.54, 1.807) is 0 Å². The van der Waals surface area contributed by atoms with E-state index in [2.05, 4.69) is 5.32 Å². The van der Waals surface area contributed by atoms with Crippen molar-refractivity contribution in [2.24, 2.45) is 5.92 Å². The zero-order valence-corrected chi connectivity index (χ0v) is 15.9. The maximum Gasteiger partial charge on any atom is 0.255 e. The Morgan fingerprint density at radius 1 is 1.27 bits per heavy atom. The molecule has 0 aliphatic heterocycles. The highest BCUT2D eigenvalue weighted by Gasteiger charge is 2.15. The van der Waals surface area contributed by atoms with E-state index in [0.29, 0.717) is 23.1 Å². The Bertz CT molecular complexity index is 827. The highest BCUT2D eigenvalue weighted by atomic mass is 35.5. The summed E-state index contributed by atoms with van der Waals surface area (Å²) in [5.74, 6) is -1.56. The van der Waals surface area contributed by atoms with E-state index < -0.39 is 17.5 Å². The largest absolute Gasteiger partial charge is 0.486 e. The summed E-state index contributed by atoms with van der Waals surface area (Å²) in [5, 5.41) is 2.93. The molecule has 7 heteroatoms. The van der Waals surface area contributed by atoms with Gasteiger partial charge in [0.2, 0.25) is 0 Å². The Hall–Kier alpha value is -2.05. The van der Waals surface area contributed by atoms with E-state index in [4.69, 9.17) is 28.6 Å². The summed E-state index contributed by atoms with van der Waals surface area (Å²) < 4.78 is 32.8. The molecule has 0 saturated heterocycles. The lowest BCUT2D eigenvalue weighted by Gasteiger charge is -2.13. The van der Waals surface area contributed by atoms with Crippen molar-refractivity contribution in [2.45, 2.75) is 20.3 Å². The molecule has 138 valence electrons. The van der Waals surface area contributed by atoms with E-state index in [9.17, 15) is 13.6 Å². The Labute approximate surface area is 161 Å². The second kappa shape index (κ2) is 9.05. The minimum absolute atomic E-state index is 0.0645. The third-order valence-electron chi connectivity index (χ3n) is 3.38. The molecule has 0 aliphatic rings. The molecule has 1 amide bonds. The molecule has 0 saturated carbocycles. The normalized spacial score (nSPS) is 10.7. The summed E-state index contributed by atoms with van der Waals surface area (Å²) in [7, 11) is 0. The molecular formula is C19H18ClF2NO2S. The smallest absolute Gasteiger partial charge is 0.255 e. The number of carbonyl (C=O) groups is 1. The van der Waals surface area contributed by atoms with Crippen molar-refractivity contribution < 1.29 is 18.3 Å². The van der Waals surface area contributed by atoms with Crippen LogP contribution in [0.25, 0.3) is 0 Å². The molecule has 2 rings (SSSR count). The standard InChI is InChI=1S/C19H18ClF2NO2S/c1-11(2)10-25-18(26)8-13-7-17(16(22)9-15(13)20)23-19(24)12-4-3-5-14(21)6-12/h3-7,9,11H,8,10H2,1-2H3,(H,23,24). The van der Waals surface area contributed by atoms with E-state index in [-0.39, 0.29) is 22.7 Å². The third-order valence-corrected chi connectivity index (χ3v) is 4.00. The molecule has 0 atom stereocenters. The maximum absolute atomic E-state index is 14.1.